The molecule has 0 aromatic heterocycles. The zero-order valence-corrected chi connectivity index (χ0v) is 12.8. The Kier molecular flexibility index (Phi) is 3.53. The molecule has 2 aliphatic rings. The molecule has 0 radical (unpaired) electrons. The van der Waals surface area contributed by atoms with Crippen LogP contribution in [0.1, 0.15) is 23.1 Å². The van der Waals surface area contributed by atoms with Crippen molar-refractivity contribution in [3.8, 4) is 5.75 Å². The number of halogens is 1. The van der Waals surface area contributed by atoms with E-state index in [1.165, 1.54) is 0 Å². The average Bonchev–Trinajstić information content (AvgIpc) is 2.79. The van der Waals surface area contributed by atoms with Crippen molar-refractivity contribution >= 4 is 17.7 Å². The molecule has 0 aliphatic carbocycles. The first-order valence-electron chi connectivity index (χ1n) is 7.15. The highest BCUT2D eigenvalue weighted by Gasteiger charge is 2.40. The van der Waals surface area contributed by atoms with E-state index in [2.05, 4.69) is 30.0 Å². The van der Waals surface area contributed by atoms with Crippen LogP contribution in [0.2, 0.25) is 5.02 Å². The van der Waals surface area contributed by atoms with Gasteiger partial charge < -0.3 is 10.5 Å². The second-order valence-corrected chi connectivity index (χ2v) is 6.24. The van der Waals surface area contributed by atoms with E-state index in [1.54, 1.807) is 0 Å². The molecule has 3 nitrogen and oxygen atoms in total. The Morgan fingerprint density at radius 3 is 3.00 bits per heavy atom. The first-order chi connectivity index (χ1) is 9.54. The second-order valence-electron chi connectivity index (χ2n) is 5.86. The predicted molar refractivity (Wildman–Crippen MR) is 83.4 cm³/mol. The van der Waals surface area contributed by atoms with Gasteiger partial charge in [-0.1, -0.05) is 17.7 Å². The SMILES string of the molecule is Cc1cc2c(c(C)c1Cl)C=CC1(CCN(CCN)C1)O2. The number of likely N-dealkylation sites (tertiary alicyclic amines) is 1. The molecule has 1 saturated heterocycles. The number of nitrogens with zero attached hydrogens (tertiary/aromatic N) is 1. The molecule has 2 heterocycles. The minimum absolute atomic E-state index is 0.186. The largest absolute Gasteiger partial charge is 0.481 e. The molecule has 1 atom stereocenters. The van der Waals surface area contributed by atoms with Gasteiger partial charge in [-0.2, -0.15) is 0 Å². The van der Waals surface area contributed by atoms with Crippen LogP contribution in [-0.2, 0) is 0 Å². The van der Waals surface area contributed by atoms with E-state index in [1.807, 2.05) is 6.92 Å². The Labute approximate surface area is 125 Å². The first-order valence-corrected chi connectivity index (χ1v) is 7.53. The Hall–Kier alpha value is -1.03. The summed E-state index contributed by atoms with van der Waals surface area (Å²) in [5.74, 6) is 0.960. The molecule has 1 aromatic carbocycles. The number of hydrogen-bond acceptors (Lipinski definition) is 3. The van der Waals surface area contributed by atoms with Gasteiger partial charge in [0.25, 0.3) is 0 Å². The molecule has 4 heteroatoms. The molecule has 0 amide bonds. The summed E-state index contributed by atoms with van der Waals surface area (Å²) in [4.78, 5) is 2.37. The van der Waals surface area contributed by atoms with Gasteiger partial charge in [-0.25, -0.2) is 0 Å². The molecule has 1 spiro atoms. The lowest BCUT2D eigenvalue weighted by Gasteiger charge is -2.32. The highest BCUT2D eigenvalue weighted by Crippen LogP contribution is 2.40. The molecule has 1 fully saturated rings. The fraction of sp³-hybridized carbons (Fsp3) is 0.500. The summed E-state index contributed by atoms with van der Waals surface area (Å²) in [5.41, 5.74) is 8.75. The van der Waals surface area contributed by atoms with Crippen molar-refractivity contribution in [3.05, 3.63) is 33.9 Å². The molecule has 20 heavy (non-hydrogen) atoms. The van der Waals surface area contributed by atoms with Crippen molar-refractivity contribution in [1.29, 1.82) is 0 Å². The molecule has 0 saturated carbocycles. The smallest absolute Gasteiger partial charge is 0.141 e. The van der Waals surface area contributed by atoms with Crippen LogP contribution in [0.4, 0.5) is 0 Å². The van der Waals surface area contributed by atoms with Gasteiger partial charge >= 0.3 is 0 Å². The van der Waals surface area contributed by atoms with Gasteiger partial charge in [-0.3, -0.25) is 4.90 Å². The van der Waals surface area contributed by atoms with Gasteiger partial charge in [0, 0.05) is 43.2 Å². The number of aryl methyl sites for hydroxylation is 1. The summed E-state index contributed by atoms with van der Waals surface area (Å²) >= 11 is 6.32. The molecule has 1 aromatic rings. The van der Waals surface area contributed by atoms with Crippen molar-refractivity contribution in [2.24, 2.45) is 5.73 Å². The molecular formula is C16H21ClN2O. The Balaban J connectivity index is 1.91. The zero-order valence-electron chi connectivity index (χ0n) is 12.1. The molecule has 1 unspecified atom stereocenters. The monoisotopic (exact) mass is 292 g/mol. The summed E-state index contributed by atoms with van der Waals surface area (Å²) in [5, 5.41) is 0.837. The van der Waals surface area contributed by atoms with Gasteiger partial charge in [0.15, 0.2) is 0 Å². The molecule has 2 N–H and O–H groups in total. The normalized spacial score (nSPS) is 25.0. The Bertz CT molecular complexity index is 570. The minimum atomic E-state index is -0.186. The van der Waals surface area contributed by atoms with Crippen LogP contribution >= 0.6 is 11.6 Å². The molecular weight excluding hydrogens is 272 g/mol. The van der Waals surface area contributed by atoms with E-state index in [9.17, 15) is 0 Å². The first kappa shape index (κ1) is 13.9. The van der Waals surface area contributed by atoms with Crippen molar-refractivity contribution < 1.29 is 4.74 Å². The van der Waals surface area contributed by atoms with Crippen molar-refractivity contribution in [3.63, 3.8) is 0 Å². The maximum atomic E-state index is 6.35. The van der Waals surface area contributed by atoms with E-state index < -0.39 is 0 Å². The summed E-state index contributed by atoms with van der Waals surface area (Å²) in [6.07, 6.45) is 5.39. The van der Waals surface area contributed by atoms with Crippen LogP contribution in [0.5, 0.6) is 5.75 Å². The number of benzene rings is 1. The van der Waals surface area contributed by atoms with Crippen LogP contribution < -0.4 is 10.5 Å². The third-order valence-electron chi connectivity index (χ3n) is 4.35. The number of fused-ring (bicyclic) bond motifs is 1. The van der Waals surface area contributed by atoms with Crippen LogP contribution in [-0.4, -0.2) is 36.7 Å². The highest BCUT2D eigenvalue weighted by molar-refractivity contribution is 6.32. The number of hydrogen-bond donors (Lipinski definition) is 1. The summed E-state index contributed by atoms with van der Waals surface area (Å²) < 4.78 is 6.35. The van der Waals surface area contributed by atoms with Gasteiger partial charge in [0.05, 0.1) is 0 Å². The van der Waals surface area contributed by atoms with E-state index in [0.717, 1.165) is 53.5 Å². The summed E-state index contributed by atoms with van der Waals surface area (Å²) in [6.45, 7) is 7.67. The topological polar surface area (TPSA) is 38.5 Å². The van der Waals surface area contributed by atoms with Crippen LogP contribution in [0.3, 0.4) is 0 Å². The minimum Gasteiger partial charge on any atom is -0.481 e. The standard InChI is InChI=1S/C16H21ClN2O/c1-11-9-14-13(12(2)15(11)17)3-4-16(20-14)5-7-19(10-16)8-6-18/h3-4,9H,5-8,10,18H2,1-2H3. The summed E-state index contributed by atoms with van der Waals surface area (Å²) in [7, 11) is 0. The van der Waals surface area contributed by atoms with Crippen molar-refractivity contribution in [2.75, 3.05) is 26.2 Å². The lowest BCUT2D eigenvalue weighted by Crippen LogP contribution is -2.40. The predicted octanol–water partition coefficient (Wildman–Crippen LogP) is 2.77. The lowest BCUT2D eigenvalue weighted by molar-refractivity contribution is 0.123. The van der Waals surface area contributed by atoms with Crippen LogP contribution in [0.15, 0.2) is 12.1 Å². The lowest BCUT2D eigenvalue weighted by atomic mass is 9.94. The molecule has 108 valence electrons. The molecule has 2 aliphatic heterocycles. The van der Waals surface area contributed by atoms with Crippen LogP contribution in [0.25, 0.3) is 6.08 Å². The third-order valence-corrected chi connectivity index (χ3v) is 4.93. The Morgan fingerprint density at radius 2 is 2.25 bits per heavy atom. The van der Waals surface area contributed by atoms with Gasteiger partial charge in [-0.05, 0) is 37.1 Å². The molecule has 3 rings (SSSR count). The molecule has 0 bridgehead atoms. The van der Waals surface area contributed by atoms with E-state index in [4.69, 9.17) is 22.1 Å². The van der Waals surface area contributed by atoms with Crippen molar-refractivity contribution in [1.82, 2.24) is 4.90 Å². The maximum absolute atomic E-state index is 6.35. The van der Waals surface area contributed by atoms with Gasteiger partial charge in [0.2, 0.25) is 0 Å². The van der Waals surface area contributed by atoms with Gasteiger partial charge in [0.1, 0.15) is 11.4 Å². The van der Waals surface area contributed by atoms with E-state index >= 15 is 0 Å². The Morgan fingerprint density at radius 1 is 1.45 bits per heavy atom. The third kappa shape index (κ3) is 2.24. The number of rotatable bonds is 2. The second kappa shape index (κ2) is 5.06. The highest BCUT2D eigenvalue weighted by atomic mass is 35.5. The number of nitrogens with two attached hydrogens (primary N) is 1. The zero-order chi connectivity index (χ0) is 14.3. The van der Waals surface area contributed by atoms with Gasteiger partial charge in [-0.15, -0.1) is 0 Å². The summed E-state index contributed by atoms with van der Waals surface area (Å²) in [6, 6.07) is 2.06. The van der Waals surface area contributed by atoms with Crippen molar-refractivity contribution in [2.45, 2.75) is 25.9 Å². The fourth-order valence-electron chi connectivity index (χ4n) is 3.19. The fourth-order valence-corrected chi connectivity index (χ4v) is 3.35. The average molecular weight is 293 g/mol. The van der Waals surface area contributed by atoms with Crippen LogP contribution in [0, 0.1) is 13.8 Å². The van der Waals surface area contributed by atoms with E-state index in [-0.39, 0.29) is 5.60 Å². The van der Waals surface area contributed by atoms with E-state index in [0.29, 0.717) is 6.54 Å². The number of ether oxygens (including phenoxy) is 1. The quantitative estimate of drug-likeness (QED) is 0.911. The maximum Gasteiger partial charge on any atom is 0.141 e.